The summed E-state index contributed by atoms with van der Waals surface area (Å²) in [5.74, 6) is 1.13. The number of hydrogen-bond donors (Lipinski definition) is 2. The fraction of sp³-hybridized carbons (Fsp3) is 0.545. The zero-order valence-corrected chi connectivity index (χ0v) is 9.32. The van der Waals surface area contributed by atoms with E-state index in [-0.39, 0.29) is 0 Å². The first kappa shape index (κ1) is 10.4. The summed E-state index contributed by atoms with van der Waals surface area (Å²) >= 11 is 0. The minimum atomic E-state index is 0.426. The molecule has 4 heteroatoms. The predicted molar refractivity (Wildman–Crippen MR) is 58.7 cm³/mol. The predicted octanol–water partition coefficient (Wildman–Crippen LogP) is 1.06. The number of ether oxygens (including phenoxy) is 1. The third kappa shape index (κ3) is 1.96. The second-order valence-corrected chi connectivity index (χ2v) is 4.03. The van der Waals surface area contributed by atoms with Crippen LogP contribution in [0.15, 0.2) is 18.3 Å². The van der Waals surface area contributed by atoms with Gasteiger partial charge in [0.2, 0.25) is 5.88 Å². The van der Waals surface area contributed by atoms with E-state index in [9.17, 15) is 0 Å². The lowest BCUT2D eigenvalue weighted by molar-refractivity contribution is 0.397. The van der Waals surface area contributed by atoms with Gasteiger partial charge in [0.25, 0.3) is 0 Å². The topological polar surface area (TPSA) is 46.2 Å². The van der Waals surface area contributed by atoms with Crippen LogP contribution >= 0.6 is 0 Å². The van der Waals surface area contributed by atoms with Crippen molar-refractivity contribution in [1.82, 2.24) is 15.8 Å². The number of hydrogen-bond acceptors (Lipinski definition) is 4. The lowest BCUT2D eigenvalue weighted by Crippen LogP contribution is -2.30. The highest BCUT2D eigenvalue weighted by Gasteiger charge is 2.31. The van der Waals surface area contributed by atoms with Crippen molar-refractivity contribution in [3.63, 3.8) is 0 Å². The summed E-state index contributed by atoms with van der Waals surface area (Å²) in [4.78, 5) is 4.23. The van der Waals surface area contributed by atoms with Crippen LogP contribution in [0, 0.1) is 0 Å². The van der Waals surface area contributed by atoms with Crippen LogP contribution in [0.1, 0.15) is 25.3 Å². The SMILES string of the molecule is COc1ccc(C2C(C)NNC2C)cn1. The maximum atomic E-state index is 5.04. The molecule has 2 heterocycles. The van der Waals surface area contributed by atoms with Crippen LogP contribution in [-0.4, -0.2) is 24.2 Å². The zero-order chi connectivity index (χ0) is 10.8. The monoisotopic (exact) mass is 207 g/mol. The summed E-state index contributed by atoms with van der Waals surface area (Å²) in [6, 6.07) is 4.84. The Bertz CT molecular complexity index is 315. The summed E-state index contributed by atoms with van der Waals surface area (Å²) < 4.78 is 5.04. The van der Waals surface area contributed by atoms with Crippen LogP contribution in [0.25, 0.3) is 0 Å². The van der Waals surface area contributed by atoms with Gasteiger partial charge in [0.05, 0.1) is 7.11 Å². The van der Waals surface area contributed by atoms with E-state index in [2.05, 4.69) is 35.7 Å². The van der Waals surface area contributed by atoms with E-state index >= 15 is 0 Å². The van der Waals surface area contributed by atoms with E-state index in [0.29, 0.717) is 23.9 Å². The average Bonchev–Trinajstić information content (AvgIpc) is 2.59. The first-order valence-corrected chi connectivity index (χ1v) is 5.23. The molecular formula is C11H17N3O. The summed E-state index contributed by atoms with van der Waals surface area (Å²) in [7, 11) is 1.63. The first-order valence-electron chi connectivity index (χ1n) is 5.23. The van der Waals surface area contributed by atoms with Gasteiger partial charge < -0.3 is 4.74 Å². The number of methoxy groups -OCH3 is 1. The largest absolute Gasteiger partial charge is 0.481 e. The summed E-state index contributed by atoms with van der Waals surface area (Å²) in [5.41, 5.74) is 7.72. The molecule has 2 rings (SSSR count). The van der Waals surface area contributed by atoms with E-state index in [1.54, 1.807) is 7.11 Å². The van der Waals surface area contributed by atoms with Crippen molar-refractivity contribution in [2.24, 2.45) is 0 Å². The van der Waals surface area contributed by atoms with Gasteiger partial charge in [0.15, 0.2) is 0 Å². The number of aromatic nitrogens is 1. The van der Waals surface area contributed by atoms with Gasteiger partial charge in [0.1, 0.15) is 0 Å². The van der Waals surface area contributed by atoms with Crippen LogP contribution in [0.4, 0.5) is 0 Å². The van der Waals surface area contributed by atoms with Crippen molar-refractivity contribution in [2.45, 2.75) is 31.8 Å². The Morgan fingerprint density at radius 3 is 2.33 bits per heavy atom. The number of rotatable bonds is 2. The first-order chi connectivity index (χ1) is 7.22. The Morgan fingerprint density at radius 1 is 1.20 bits per heavy atom. The second-order valence-electron chi connectivity index (χ2n) is 4.03. The number of hydrazine groups is 1. The number of pyridine rings is 1. The maximum absolute atomic E-state index is 5.04. The second kappa shape index (κ2) is 4.16. The Balaban J connectivity index is 2.21. The van der Waals surface area contributed by atoms with Gasteiger partial charge in [0, 0.05) is 30.3 Å². The van der Waals surface area contributed by atoms with Crippen LogP contribution in [0.2, 0.25) is 0 Å². The van der Waals surface area contributed by atoms with E-state index in [4.69, 9.17) is 4.74 Å². The van der Waals surface area contributed by atoms with Crippen LogP contribution in [0.3, 0.4) is 0 Å². The fourth-order valence-electron chi connectivity index (χ4n) is 2.16. The Morgan fingerprint density at radius 2 is 1.87 bits per heavy atom. The standard InChI is InChI=1S/C11H17N3O/c1-7-11(8(2)14-13-7)9-4-5-10(15-3)12-6-9/h4-8,11,13-14H,1-3H3. The lowest BCUT2D eigenvalue weighted by atomic mass is 9.90. The molecule has 0 radical (unpaired) electrons. The Labute approximate surface area is 90.0 Å². The minimum Gasteiger partial charge on any atom is -0.481 e. The molecule has 1 aromatic heterocycles. The van der Waals surface area contributed by atoms with E-state index in [0.717, 1.165) is 0 Å². The number of nitrogens with zero attached hydrogens (tertiary/aromatic N) is 1. The lowest BCUT2D eigenvalue weighted by Gasteiger charge is -2.17. The molecule has 15 heavy (non-hydrogen) atoms. The van der Waals surface area contributed by atoms with Gasteiger partial charge in [-0.05, 0) is 19.4 Å². The molecule has 1 aliphatic heterocycles. The van der Waals surface area contributed by atoms with Crippen LogP contribution < -0.4 is 15.6 Å². The normalized spacial score (nSPS) is 30.5. The molecule has 0 spiro atoms. The quantitative estimate of drug-likeness (QED) is 0.761. The van der Waals surface area contributed by atoms with Crippen molar-refractivity contribution in [1.29, 1.82) is 0 Å². The fourth-order valence-corrected chi connectivity index (χ4v) is 2.16. The Hall–Kier alpha value is -1.13. The molecule has 1 fully saturated rings. The van der Waals surface area contributed by atoms with Crippen molar-refractivity contribution in [2.75, 3.05) is 7.11 Å². The van der Waals surface area contributed by atoms with E-state index in [1.165, 1.54) is 5.56 Å². The third-order valence-electron chi connectivity index (χ3n) is 2.97. The third-order valence-corrected chi connectivity index (χ3v) is 2.97. The molecule has 2 unspecified atom stereocenters. The molecule has 1 saturated heterocycles. The van der Waals surface area contributed by atoms with Gasteiger partial charge in [-0.25, -0.2) is 4.98 Å². The molecule has 0 saturated carbocycles. The molecule has 4 nitrogen and oxygen atoms in total. The van der Waals surface area contributed by atoms with Crippen molar-refractivity contribution < 1.29 is 4.74 Å². The minimum absolute atomic E-state index is 0.426. The van der Waals surface area contributed by atoms with E-state index in [1.807, 2.05) is 12.3 Å². The Kier molecular flexibility index (Phi) is 2.88. The van der Waals surface area contributed by atoms with E-state index < -0.39 is 0 Å². The molecule has 1 aromatic rings. The van der Waals surface area contributed by atoms with Gasteiger partial charge in [-0.1, -0.05) is 6.07 Å². The summed E-state index contributed by atoms with van der Waals surface area (Å²) in [6.45, 7) is 4.34. The molecule has 0 amide bonds. The van der Waals surface area contributed by atoms with Gasteiger partial charge >= 0.3 is 0 Å². The molecule has 82 valence electrons. The maximum Gasteiger partial charge on any atom is 0.212 e. The zero-order valence-electron chi connectivity index (χ0n) is 9.32. The van der Waals surface area contributed by atoms with Gasteiger partial charge in [-0.15, -0.1) is 0 Å². The van der Waals surface area contributed by atoms with Crippen LogP contribution in [0.5, 0.6) is 5.88 Å². The highest BCUT2D eigenvalue weighted by atomic mass is 16.5. The molecule has 1 aliphatic rings. The smallest absolute Gasteiger partial charge is 0.212 e. The van der Waals surface area contributed by atoms with Crippen molar-refractivity contribution in [3.8, 4) is 5.88 Å². The summed E-state index contributed by atoms with van der Waals surface area (Å²) in [6.07, 6.45) is 1.89. The molecule has 0 bridgehead atoms. The van der Waals surface area contributed by atoms with Gasteiger partial charge in [-0.2, -0.15) is 0 Å². The highest BCUT2D eigenvalue weighted by Crippen LogP contribution is 2.26. The van der Waals surface area contributed by atoms with Crippen LogP contribution in [-0.2, 0) is 0 Å². The molecular weight excluding hydrogens is 190 g/mol. The van der Waals surface area contributed by atoms with Gasteiger partial charge in [-0.3, -0.25) is 10.9 Å². The molecule has 2 atom stereocenters. The number of nitrogens with one attached hydrogen (secondary N) is 2. The molecule has 0 aromatic carbocycles. The summed E-state index contributed by atoms with van der Waals surface area (Å²) in [5, 5.41) is 0. The van der Waals surface area contributed by atoms with Crippen molar-refractivity contribution >= 4 is 0 Å². The highest BCUT2D eigenvalue weighted by molar-refractivity contribution is 5.25. The average molecular weight is 207 g/mol. The molecule has 0 aliphatic carbocycles. The van der Waals surface area contributed by atoms with Crippen molar-refractivity contribution in [3.05, 3.63) is 23.9 Å². The molecule has 2 N–H and O–H groups in total.